The molecule has 1 nitrogen and oxygen atoms in total. The van der Waals surface area contributed by atoms with Gasteiger partial charge >= 0.3 is 0 Å². The van der Waals surface area contributed by atoms with E-state index in [2.05, 4.69) is 21.2 Å². The van der Waals surface area contributed by atoms with Crippen molar-refractivity contribution in [2.45, 2.75) is 19.9 Å². The van der Waals surface area contributed by atoms with Crippen LogP contribution in [0.25, 0.3) is 0 Å². The molecule has 0 bridgehead atoms. The van der Waals surface area contributed by atoms with Crippen LogP contribution in [0, 0.1) is 12.7 Å². The van der Waals surface area contributed by atoms with Crippen LogP contribution >= 0.6 is 38.9 Å². The highest BCUT2D eigenvalue weighted by Crippen LogP contribution is 2.38. The van der Waals surface area contributed by atoms with Crippen molar-refractivity contribution in [1.29, 1.82) is 0 Å². The normalized spacial score (nSPS) is 12.7. The van der Waals surface area contributed by atoms with Crippen molar-refractivity contribution in [2.75, 3.05) is 6.54 Å². The van der Waals surface area contributed by atoms with Crippen molar-refractivity contribution < 1.29 is 4.39 Å². The molecule has 0 radical (unpaired) electrons. The SMILES string of the molecule is CCNC(c1cc(Cl)c(Br)s1)c1cccc(C)c1F. The highest BCUT2D eigenvalue weighted by atomic mass is 79.9. The van der Waals surface area contributed by atoms with Crippen LogP contribution in [-0.2, 0) is 0 Å². The Morgan fingerprint density at radius 2 is 2.21 bits per heavy atom. The molecule has 1 atom stereocenters. The summed E-state index contributed by atoms with van der Waals surface area (Å²) in [6.07, 6.45) is 0. The largest absolute Gasteiger partial charge is 0.306 e. The molecule has 1 heterocycles. The van der Waals surface area contributed by atoms with Gasteiger partial charge in [0, 0.05) is 10.4 Å². The molecule has 0 saturated heterocycles. The van der Waals surface area contributed by atoms with Crippen molar-refractivity contribution in [2.24, 2.45) is 0 Å². The van der Waals surface area contributed by atoms with E-state index in [1.165, 1.54) is 11.3 Å². The number of thiophene rings is 1. The van der Waals surface area contributed by atoms with Crippen LogP contribution in [0.2, 0.25) is 5.02 Å². The molecule has 1 unspecified atom stereocenters. The average Bonchev–Trinajstić information content (AvgIpc) is 2.70. The first-order valence-corrected chi connectivity index (χ1v) is 7.96. The van der Waals surface area contributed by atoms with E-state index < -0.39 is 0 Å². The van der Waals surface area contributed by atoms with Gasteiger partial charge in [-0.15, -0.1) is 11.3 Å². The van der Waals surface area contributed by atoms with E-state index in [4.69, 9.17) is 11.6 Å². The minimum absolute atomic E-state index is 0.158. The highest BCUT2D eigenvalue weighted by molar-refractivity contribution is 9.11. The summed E-state index contributed by atoms with van der Waals surface area (Å²) in [5, 5.41) is 3.98. The van der Waals surface area contributed by atoms with E-state index in [0.29, 0.717) is 16.1 Å². The van der Waals surface area contributed by atoms with Crippen molar-refractivity contribution in [3.8, 4) is 0 Å². The zero-order valence-corrected chi connectivity index (χ0v) is 13.8. The lowest BCUT2D eigenvalue weighted by molar-refractivity contribution is 0.557. The first-order chi connectivity index (χ1) is 9.04. The molecule has 0 spiro atoms. The maximum Gasteiger partial charge on any atom is 0.131 e. The molecule has 2 rings (SSSR count). The summed E-state index contributed by atoms with van der Waals surface area (Å²) in [7, 11) is 0. The summed E-state index contributed by atoms with van der Waals surface area (Å²) in [5.41, 5.74) is 1.31. The fraction of sp³-hybridized carbons (Fsp3) is 0.286. The fourth-order valence-electron chi connectivity index (χ4n) is 1.97. The molecule has 5 heteroatoms. The van der Waals surface area contributed by atoms with Crippen LogP contribution in [0.3, 0.4) is 0 Å². The molecule has 1 aromatic carbocycles. The Balaban J connectivity index is 2.48. The lowest BCUT2D eigenvalue weighted by atomic mass is 10.0. The fourth-order valence-corrected chi connectivity index (χ4v) is 3.81. The molecule has 1 N–H and O–H groups in total. The third-order valence-corrected chi connectivity index (χ3v) is 5.43. The summed E-state index contributed by atoms with van der Waals surface area (Å²) >= 11 is 11.0. The average molecular weight is 363 g/mol. The van der Waals surface area contributed by atoms with E-state index in [1.54, 1.807) is 13.0 Å². The van der Waals surface area contributed by atoms with Crippen LogP contribution in [0.5, 0.6) is 0 Å². The minimum atomic E-state index is -0.168. The molecular weight excluding hydrogens is 349 g/mol. The molecule has 2 aromatic rings. The van der Waals surface area contributed by atoms with Gasteiger partial charge in [-0.05, 0) is 41.0 Å². The number of rotatable bonds is 4. The number of hydrogen-bond acceptors (Lipinski definition) is 2. The Morgan fingerprint density at radius 3 is 2.79 bits per heavy atom. The lowest BCUT2D eigenvalue weighted by Crippen LogP contribution is -2.22. The number of benzene rings is 1. The smallest absolute Gasteiger partial charge is 0.131 e. The van der Waals surface area contributed by atoms with Gasteiger partial charge in [0.15, 0.2) is 0 Å². The van der Waals surface area contributed by atoms with Crippen LogP contribution < -0.4 is 5.32 Å². The third-order valence-electron chi connectivity index (χ3n) is 2.89. The second kappa shape index (κ2) is 6.35. The molecule has 0 aliphatic rings. The summed E-state index contributed by atoms with van der Waals surface area (Å²) in [5.74, 6) is -0.158. The molecule has 0 saturated carbocycles. The summed E-state index contributed by atoms with van der Waals surface area (Å²) in [4.78, 5) is 1.00. The second-order valence-corrected chi connectivity index (χ2v) is 7.05. The Bertz CT molecular complexity index is 565. The number of nitrogens with one attached hydrogen (secondary N) is 1. The Morgan fingerprint density at radius 1 is 1.47 bits per heavy atom. The van der Waals surface area contributed by atoms with Crippen LogP contribution in [0.1, 0.15) is 29.0 Å². The van der Waals surface area contributed by atoms with Gasteiger partial charge in [0.05, 0.1) is 14.9 Å². The van der Waals surface area contributed by atoms with Crippen molar-refractivity contribution >= 4 is 38.9 Å². The van der Waals surface area contributed by atoms with Gasteiger partial charge in [0.2, 0.25) is 0 Å². The van der Waals surface area contributed by atoms with Crippen molar-refractivity contribution in [3.05, 3.63) is 54.9 Å². The number of halogens is 3. The van der Waals surface area contributed by atoms with Gasteiger partial charge in [-0.3, -0.25) is 0 Å². The summed E-state index contributed by atoms with van der Waals surface area (Å²) in [6.45, 7) is 4.54. The molecule has 102 valence electrons. The van der Waals surface area contributed by atoms with Gasteiger partial charge in [-0.2, -0.15) is 0 Å². The van der Waals surface area contributed by atoms with Crippen LogP contribution in [0.4, 0.5) is 4.39 Å². The predicted molar refractivity (Wildman–Crippen MR) is 83.7 cm³/mol. The number of aryl methyl sites for hydroxylation is 1. The van der Waals surface area contributed by atoms with Gasteiger partial charge < -0.3 is 5.32 Å². The first kappa shape index (κ1) is 15.0. The molecule has 0 aliphatic carbocycles. The summed E-state index contributed by atoms with van der Waals surface area (Å²) < 4.78 is 15.2. The van der Waals surface area contributed by atoms with Crippen molar-refractivity contribution in [3.63, 3.8) is 0 Å². The molecular formula is C14H14BrClFNS. The Kier molecular flexibility index (Phi) is 5.01. The van der Waals surface area contributed by atoms with Gasteiger partial charge in [0.25, 0.3) is 0 Å². The van der Waals surface area contributed by atoms with Gasteiger partial charge in [0.1, 0.15) is 5.82 Å². The molecule has 0 amide bonds. The van der Waals surface area contributed by atoms with E-state index >= 15 is 0 Å². The van der Waals surface area contributed by atoms with E-state index in [9.17, 15) is 4.39 Å². The van der Waals surface area contributed by atoms with Gasteiger partial charge in [-0.1, -0.05) is 36.7 Å². The lowest BCUT2D eigenvalue weighted by Gasteiger charge is -2.18. The maximum atomic E-state index is 14.3. The number of hydrogen-bond donors (Lipinski definition) is 1. The van der Waals surface area contributed by atoms with Crippen LogP contribution in [0.15, 0.2) is 28.1 Å². The van der Waals surface area contributed by atoms with Crippen molar-refractivity contribution in [1.82, 2.24) is 5.32 Å². The van der Waals surface area contributed by atoms with E-state index in [0.717, 1.165) is 15.2 Å². The standard InChI is InChI=1S/C14H14BrClFNS/c1-3-18-13(11-7-10(16)14(15)19-11)9-6-4-5-8(2)12(9)17/h4-7,13,18H,3H2,1-2H3. The van der Waals surface area contributed by atoms with E-state index in [1.807, 2.05) is 25.1 Å². The zero-order valence-electron chi connectivity index (χ0n) is 10.6. The second-order valence-electron chi connectivity index (χ2n) is 4.24. The zero-order chi connectivity index (χ0) is 14.0. The summed E-state index contributed by atoms with van der Waals surface area (Å²) in [6, 6.07) is 7.18. The predicted octanol–water partition coefficient (Wildman–Crippen LogP) is 5.31. The highest BCUT2D eigenvalue weighted by Gasteiger charge is 2.20. The van der Waals surface area contributed by atoms with Gasteiger partial charge in [-0.25, -0.2) is 4.39 Å². The Hall–Kier alpha value is -0.420. The monoisotopic (exact) mass is 361 g/mol. The quantitative estimate of drug-likeness (QED) is 0.777. The molecule has 19 heavy (non-hydrogen) atoms. The first-order valence-electron chi connectivity index (χ1n) is 5.97. The topological polar surface area (TPSA) is 12.0 Å². The minimum Gasteiger partial charge on any atom is -0.306 e. The maximum absolute atomic E-state index is 14.3. The third kappa shape index (κ3) is 3.19. The van der Waals surface area contributed by atoms with Crippen LogP contribution in [-0.4, -0.2) is 6.54 Å². The van der Waals surface area contributed by atoms with E-state index in [-0.39, 0.29) is 11.9 Å². The Labute approximate surface area is 129 Å². The molecule has 1 aromatic heterocycles. The molecule has 0 aliphatic heterocycles. The molecule has 0 fully saturated rings.